The molecule has 23 heavy (non-hydrogen) atoms. The lowest BCUT2D eigenvalue weighted by Crippen LogP contribution is -2.64. The van der Waals surface area contributed by atoms with Crippen molar-refractivity contribution in [3.63, 3.8) is 0 Å². The molecule has 0 bridgehead atoms. The monoisotopic (exact) mass is 342 g/mol. The Kier molecular flexibility index (Phi) is 5.92. The molecule has 2 aliphatic heterocycles. The third-order valence-corrected chi connectivity index (χ3v) is 3.99. The van der Waals surface area contributed by atoms with Crippen molar-refractivity contribution < 1.29 is 55.1 Å². The highest BCUT2D eigenvalue weighted by molar-refractivity contribution is 4.93. The van der Waals surface area contributed by atoms with E-state index in [0.29, 0.717) is 0 Å². The number of hydrogen-bond donors (Lipinski definition) is 8. The molecular weight excluding hydrogens is 320 g/mol. The Labute approximate surface area is 130 Å². The highest BCUT2D eigenvalue weighted by atomic mass is 16.7. The first-order valence-corrected chi connectivity index (χ1v) is 7.04. The zero-order valence-electron chi connectivity index (χ0n) is 12.0. The van der Waals surface area contributed by atoms with Crippen LogP contribution in [-0.2, 0) is 14.2 Å². The number of aliphatic hydroxyl groups is 8. The van der Waals surface area contributed by atoms with Gasteiger partial charge in [-0.25, -0.2) is 0 Å². The lowest BCUT2D eigenvalue weighted by molar-refractivity contribution is -0.364. The first kappa shape index (κ1) is 18.9. The van der Waals surface area contributed by atoms with Crippen LogP contribution in [0.2, 0.25) is 0 Å². The van der Waals surface area contributed by atoms with E-state index in [1.165, 1.54) is 0 Å². The SMILES string of the molecule is OC[C@@H]1O[C@H](OC[C@@]2(O)OC[C@H](O)[C@@H](O)[C@@H]2O)[C@@H](O)[C@H](O)[C@H]1O. The summed E-state index contributed by atoms with van der Waals surface area (Å²) in [4.78, 5) is 0. The van der Waals surface area contributed by atoms with Gasteiger partial charge in [0.15, 0.2) is 6.29 Å². The van der Waals surface area contributed by atoms with Crippen molar-refractivity contribution >= 4 is 0 Å². The van der Waals surface area contributed by atoms with Crippen LogP contribution in [0.15, 0.2) is 0 Å². The third kappa shape index (κ3) is 3.65. The molecule has 11 heteroatoms. The average Bonchev–Trinajstić information content (AvgIpc) is 2.54. The molecule has 136 valence electrons. The van der Waals surface area contributed by atoms with Gasteiger partial charge in [-0.15, -0.1) is 0 Å². The summed E-state index contributed by atoms with van der Waals surface area (Å²) < 4.78 is 15.0. The summed E-state index contributed by atoms with van der Waals surface area (Å²) in [5.74, 6) is -2.38. The zero-order chi connectivity index (χ0) is 17.4. The molecule has 8 N–H and O–H groups in total. The fourth-order valence-electron chi connectivity index (χ4n) is 2.42. The Bertz CT molecular complexity index is 393. The van der Waals surface area contributed by atoms with E-state index < -0.39 is 74.6 Å². The molecular formula is C12H22O11. The largest absolute Gasteiger partial charge is 0.394 e. The normalized spacial score (nSPS) is 51.7. The van der Waals surface area contributed by atoms with Gasteiger partial charge in [0.1, 0.15) is 49.3 Å². The summed E-state index contributed by atoms with van der Waals surface area (Å²) in [7, 11) is 0. The van der Waals surface area contributed by atoms with E-state index in [1.807, 2.05) is 0 Å². The molecule has 0 spiro atoms. The van der Waals surface area contributed by atoms with E-state index in [0.717, 1.165) is 0 Å². The molecule has 2 rings (SSSR count). The molecule has 2 fully saturated rings. The van der Waals surface area contributed by atoms with E-state index in [4.69, 9.17) is 19.3 Å². The molecule has 2 aliphatic rings. The summed E-state index contributed by atoms with van der Waals surface area (Å²) in [6, 6.07) is 0. The van der Waals surface area contributed by atoms with Gasteiger partial charge in [0, 0.05) is 0 Å². The molecule has 2 heterocycles. The quantitative estimate of drug-likeness (QED) is 0.243. The minimum atomic E-state index is -2.38. The second-order valence-corrected chi connectivity index (χ2v) is 5.67. The van der Waals surface area contributed by atoms with Crippen molar-refractivity contribution in [2.75, 3.05) is 19.8 Å². The van der Waals surface area contributed by atoms with Crippen LogP contribution in [0, 0.1) is 0 Å². The first-order valence-electron chi connectivity index (χ1n) is 7.04. The van der Waals surface area contributed by atoms with Gasteiger partial charge in [0.05, 0.1) is 13.2 Å². The molecule has 0 aromatic rings. The number of rotatable bonds is 4. The Morgan fingerprint density at radius 3 is 2.22 bits per heavy atom. The second-order valence-electron chi connectivity index (χ2n) is 5.67. The van der Waals surface area contributed by atoms with E-state index in [-0.39, 0.29) is 0 Å². The number of hydrogen-bond acceptors (Lipinski definition) is 11. The topological polar surface area (TPSA) is 190 Å². The van der Waals surface area contributed by atoms with Crippen molar-refractivity contribution in [3.8, 4) is 0 Å². The zero-order valence-corrected chi connectivity index (χ0v) is 12.0. The predicted molar refractivity (Wildman–Crippen MR) is 68.6 cm³/mol. The molecule has 0 saturated carbocycles. The Morgan fingerprint density at radius 2 is 1.61 bits per heavy atom. The lowest BCUT2D eigenvalue weighted by atomic mass is 9.97. The van der Waals surface area contributed by atoms with E-state index in [9.17, 15) is 35.7 Å². The van der Waals surface area contributed by atoms with Crippen molar-refractivity contribution in [2.24, 2.45) is 0 Å². The van der Waals surface area contributed by atoms with E-state index in [2.05, 4.69) is 0 Å². The van der Waals surface area contributed by atoms with Gasteiger partial charge in [-0.3, -0.25) is 0 Å². The second kappa shape index (κ2) is 7.21. The predicted octanol–water partition coefficient (Wildman–Crippen LogP) is -5.40. The number of aliphatic hydroxyl groups excluding tert-OH is 7. The van der Waals surface area contributed by atoms with Gasteiger partial charge in [0.2, 0.25) is 5.79 Å². The molecule has 0 amide bonds. The van der Waals surface area contributed by atoms with Crippen molar-refractivity contribution in [2.45, 2.75) is 54.8 Å². The maximum Gasteiger partial charge on any atom is 0.219 e. The maximum absolute atomic E-state index is 10.1. The van der Waals surface area contributed by atoms with Crippen LogP contribution in [-0.4, -0.2) is 115 Å². The van der Waals surface area contributed by atoms with Gasteiger partial charge in [-0.05, 0) is 0 Å². The molecule has 2 saturated heterocycles. The Hall–Kier alpha value is -0.440. The highest BCUT2D eigenvalue weighted by Crippen LogP contribution is 2.27. The lowest BCUT2D eigenvalue weighted by Gasteiger charge is -2.44. The summed E-state index contributed by atoms with van der Waals surface area (Å²) in [5.41, 5.74) is 0. The summed E-state index contributed by atoms with van der Waals surface area (Å²) in [6.07, 6.45) is -12.6. The molecule has 11 nitrogen and oxygen atoms in total. The summed E-state index contributed by atoms with van der Waals surface area (Å²) >= 11 is 0. The fourth-order valence-corrected chi connectivity index (χ4v) is 2.42. The van der Waals surface area contributed by atoms with Gasteiger partial charge < -0.3 is 55.1 Å². The molecule has 0 aromatic heterocycles. The minimum absolute atomic E-state index is 0.466. The van der Waals surface area contributed by atoms with Gasteiger partial charge >= 0.3 is 0 Å². The van der Waals surface area contributed by atoms with Crippen LogP contribution in [0.3, 0.4) is 0 Å². The van der Waals surface area contributed by atoms with E-state index in [1.54, 1.807) is 0 Å². The van der Waals surface area contributed by atoms with Crippen molar-refractivity contribution in [1.29, 1.82) is 0 Å². The van der Waals surface area contributed by atoms with Crippen LogP contribution < -0.4 is 0 Å². The Balaban J connectivity index is 1.99. The van der Waals surface area contributed by atoms with Crippen LogP contribution in [0.5, 0.6) is 0 Å². The van der Waals surface area contributed by atoms with Crippen LogP contribution in [0.25, 0.3) is 0 Å². The molecule has 0 radical (unpaired) electrons. The van der Waals surface area contributed by atoms with Crippen LogP contribution in [0.1, 0.15) is 0 Å². The third-order valence-electron chi connectivity index (χ3n) is 3.99. The number of ether oxygens (including phenoxy) is 3. The Morgan fingerprint density at radius 1 is 0.957 bits per heavy atom. The van der Waals surface area contributed by atoms with Crippen molar-refractivity contribution in [3.05, 3.63) is 0 Å². The van der Waals surface area contributed by atoms with Gasteiger partial charge in [-0.2, -0.15) is 0 Å². The first-order chi connectivity index (χ1) is 10.7. The standard InChI is InChI=1S/C12H22O11/c13-1-5-7(16)8(17)9(18)11(23-5)21-3-12(20)10(19)6(15)4(14)2-22-12/h4-11,13-20H,1-3H2/t4-,5-,6+,7-,8+,9-,10-,11-,12+/m0/s1. The van der Waals surface area contributed by atoms with Crippen molar-refractivity contribution in [1.82, 2.24) is 0 Å². The molecule has 0 unspecified atom stereocenters. The maximum atomic E-state index is 10.1. The van der Waals surface area contributed by atoms with E-state index >= 15 is 0 Å². The average molecular weight is 342 g/mol. The molecule has 0 aromatic carbocycles. The summed E-state index contributed by atoms with van der Waals surface area (Å²) in [6.45, 7) is -1.90. The highest BCUT2D eigenvalue weighted by Gasteiger charge is 2.50. The summed E-state index contributed by atoms with van der Waals surface area (Å²) in [5, 5.41) is 76.8. The fraction of sp³-hybridized carbons (Fsp3) is 1.00. The van der Waals surface area contributed by atoms with Crippen LogP contribution in [0.4, 0.5) is 0 Å². The minimum Gasteiger partial charge on any atom is -0.394 e. The van der Waals surface area contributed by atoms with Gasteiger partial charge in [0.25, 0.3) is 0 Å². The van der Waals surface area contributed by atoms with Gasteiger partial charge in [-0.1, -0.05) is 0 Å². The molecule has 9 atom stereocenters. The molecule has 0 aliphatic carbocycles. The van der Waals surface area contributed by atoms with Crippen LogP contribution >= 0.6 is 0 Å². The smallest absolute Gasteiger partial charge is 0.219 e.